The molecule has 1 aliphatic rings. The number of hydrogen-bond donors (Lipinski definition) is 2. The van der Waals surface area contributed by atoms with Crippen molar-refractivity contribution in [2.45, 2.75) is 39.3 Å². The second-order valence-electron chi connectivity index (χ2n) is 7.82. The Kier molecular flexibility index (Phi) is 8.58. The van der Waals surface area contributed by atoms with Crippen LogP contribution in [0.1, 0.15) is 38.8 Å². The van der Waals surface area contributed by atoms with Crippen LogP contribution in [0.15, 0.2) is 29.3 Å². The smallest absolute Gasteiger partial charge is 0.225 e. The Morgan fingerprint density at radius 1 is 1.32 bits per heavy atom. The second-order valence-corrected chi connectivity index (χ2v) is 8.26. The standard InChI is InChI=1S/C21H34ClN5O/c1-6-23-21(25-18-11-12-27(14-18)20(28)15(2)3)24-13-19(26(4)5)16-7-9-17(22)10-8-16/h7-10,15,18-19H,6,11-14H2,1-5H3,(H2,23,24,25). The number of guanidine groups is 1. The highest BCUT2D eigenvalue weighted by molar-refractivity contribution is 6.30. The van der Waals surface area contributed by atoms with E-state index in [0.29, 0.717) is 6.54 Å². The molecule has 0 aromatic heterocycles. The van der Waals surface area contributed by atoms with Crippen LogP contribution in [-0.4, -0.2) is 68.0 Å². The van der Waals surface area contributed by atoms with E-state index in [2.05, 4.69) is 48.7 Å². The van der Waals surface area contributed by atoms with Crippen LogP contribution >= 0.6 is 11.6 Å². The van der Waals surface area contributed by atoms with Crippen LogP contribution in [0.2, 0.25) is 5.02 Å². The predicted molar refractivity (Wildman–Crippen MR) is 117 cm³/mol. The molecule has 0 aliphatic carbocycles. The fraction of sp³-hybridized carbons (Fsp3) is 0.619. The van der Waals surface area contributed by atoms with E-state index in [1.54, 1.807) is 0 Å². The lowest BCUT2D eigenvalue weighted by Crippen LogP contribution is -2.45. The quantitative estimate of drug-likeness (QED) is 0.539. The first-order chi connectivity index (χ1) is 13.3. The Morgan fingerprint density at radius 3 is 2.57 bits per heavy atom. The van der Waals surface area contributed by atoms with E-state index in [-0.39, 0.29) is 23.9 Å². The van der Waals surface area contributed by atoms with Crippen LogP contribution in [0.4, 0.5) is 0 Å². The van der Waals surface area contributed by atoms with Crippen molar-refractivity contribution < 1.29 is 4.79 Å². The molecule has 0 bridgehead atoms. The van der Waals surface area contributed by atoms with Gasteiger partial charge in [-0.15, -0.1) is 0 Å². The molecule has 1 heterocycles. The van der Waals surface area contributed by atoms with Crippen LogP contribution in [0.3, 0.4) is 0 Å². The third-order valence-corrected chi connectivity index (χ3v) is 5.23. The van der Waals surface area contributed by atoms with Gasteiger partial charge in [0.15, 0.2) is 5.96 Å². The van der Waals surface area contributed by atoms with Gasteiger partial charge in [0.05, 0.1) is 12.6 Å². The Bertz CT molecular complexity index is 659. The Balaban J connectivity index is 2.02. The van der Waals surface area contributed by atoms with E-state index < -0.39 is 0 Å². The van der Waals surface area contributed by atoms with E-state index in [9.17, 15) is 4.79 Å². The summed E-state index contributed by atoms with van der Waals surface area (Å²) in [6.07, 6.45) is 0.942. The number of carbonyl (C=O) groups is 1. The SMILES string of the molecule is CCNC(=NCC(c1ccc(Cl)cc1)N(C)C)NC1CCN(C(=O)C(C)C)C1. The van der Waals surface area contributed by atoms with Crippen molar-refractivity contribution >= 4 is 23.5 Å². The first kappa shape index (κ1) is 22.5. The normalized spacial score (nSPS) is 18.6. The monoisotopic (exact) mass is 407 g/mol. The molecular weight excluding hydrogens is 374 g/mol. The lowest BCUT2D eigenvalue weighted by molar-refractivity contribution is -0.133. The summed E-state index contributed by atoms with van der Waals surface area (Å²) in [6.45, 7) is 8.92. The minimum absolute atomic E-state index is 0.0425. The van der Waals surface area contributed by atoms with Gasteiger partial charge in [-0.3, -0.25) is 9.79 Å². The van der Waals surface area contributed by atoms with Crippen molar-refractivity contribution in [1.82, 2.24) is 20.4 Å². The molecule has 7 heteroatoms. The molecule has 0 saturated carbocycles. The van der Waals surface area contributed by atoms with E-state index in [1.807, 2.05) is 30.9 Å². The van der Waals surface area contributed by atoms with Gasteiger partial charge >= 0.3 is 0 Å². The van der Waals surface area contributed by atoms with Crippen LogP contribution in [-0.2, 0) is 4.79 Å². The Hall–Kier alpha value is -1.79. The van der Waals surface area contributed by atoms with E-state index >= 15 is 0 Å². The summed E-state index contributed by atoms with van der Waals surface area (Å²) < 4.78 is 0. The number of amides is 1. The summed E-state index contributed by atoms with van der Waals surface area (Å²) in [7, 11) is 4.11. The van der Waals surface area contributed by atoms with Gasteiger partial charge in [-0.05, 0) is 45.1 Å². The van der Waals surface area contributed by atoms with E-state index in [0.717, 1.165) is 37.0 Å². The summed E-state index contributed by atoms with van der Waals surface area (Å²) in [5, 5.41) is 7.57. The molecule has 2 rings (SSSR count). The lowest BCUT2D eigenvalue weighted by atomic mass is 10.1. The minimum Gasteiger partial charge on any atom is -0.357 e. The summed E-state index contributed by atoms with van der Waals surface area (Å²) >= 11 is 6.02. The molecule has 0 radical (unpaired) electrons. The van der Waals surface area contributed by atoms with Gasteiger partial charge in [-0.25, -0.2) is 0 Å². The third-order valence-electron chi connectivity index (χ3n) is 4.98. The molecule has 28 heavy (non-hydrogen) atoms. The maximum absolute atomic E-state index is 12.2. The molecule has 1 aliphatic heterocycles. The molecule has 0 spiro atoms. The van der Waals surface area contributed by atoms with Gasteiger partial charge in [0, 0.05) is 36.6 Å². The molecule has 2 N–H and O–H groups in total. The van der Waals surface area contributed by atoms with Crippen molar-refractivity contribution in [3.8, 4) is 0 Å². The Labute approximate surface area is 174 Å². The van der Waals surface area contributed by atoms with Gasteiger partial charge < -0.3 is 20.4 Å². The zero-order valence-electron chi connectivity index (χ0n) is 17.7. The summed E-state index contributed by atoms with van der Waals surface area (Å²) in [6, 6.07) is 8.33. The van der Waals surface area contributed by atoms with Crippen molar-refractivity contribution in [2.75, 3.05) is 40.3 Å². The zero-order valence-corrected chi connectivity index (χ0v) is 18.5. The number of nitrogens with one attached hydrogen (secondary N) is 2. The number of rotatable bonds is 7. The van der Waals surface area contributed by atoms with Crippen molar-refractivity contribution in [3.63, 3.8) is 0 Å². The number of likely N-dealkylation sites (tertiary alicyclic amines) is 1. The molecule has 2 unspecified atom stereocenters. The van der Waals surface area contributed by atoms with Crippen LogP contribution in [0.5, 0.6) is 0 Å². The molecule has 1 amide bonds. The van der Waals surface area contributed by atoms with Crippen LogP contribution in [0, 0.1) is 5.92 Å². The molecule has 156 valence electrons. The molecule has 1 aromatic carbocycles. The number of benzene rings is 1. The van der Waals surface area contributed by atoms with Gasteiger partial charge in [0.2, 0.25) is 5.91 Å². The van der Waals surface area contributed by atoms with Crippen molar-refractivity contribution in [1.29, 1.82) is 0 Å². The average molecular weight is 408 g/mol. The number of hydrogen-bond acceptors (Lipinski definition) is 3. The van der Waals surface area contributed by atoms with E-state index in [1.165, 1.54) is 5.56 Å². The zero-order chi connectivity index (χ0) is 20.7. The van der Waals surface area contributed by atoms with Crippen LogP contribution < -0.4 is 10.6 Å². The maximum Gasteiger partial charge on any atom is 0.225 e. The topological polar surface area (TPSA) is 60.0 Å². The number of carbonyl (C=O) groups excluding carboxylic acids is 1. The van der Waals surface area contributed by atoms with Crippen LogP contribution in [0.25, 0.3) is 0 Å². The summed E-state index contributed by atoms with van der Waals surface area (Å²) in [5.41, 5.74) is 1.18. The molecule has 1 saturated heterocycles. The van der Waals surface area contributed by atoms with Crippen molar-refractivity contribution in [2.24, 2.45) is 10.9 Å². The highest BCUT2D eigenvalue weighted by Gasteiger charge is 2.28. The number of likely N-dealkylation sites (N-methyl/N-ethyl adjacent to an activating group) is 1. The Morgan fingerprint density at radius 2 is 2.00 bits per heavy atom. The molecule has 2 atom stereocenters. The minimum atomic E-state index is 0.0425. The highest BCUT2D eigenvalue weighted by Crippen LogP contribution is 2.21. The lowest BCUT2D eigenvalue weighted by Gasteiger charge is -2.24. The summed E-state index contributed by atoms with van der Waals surface area (Å²) in [5.74, 6) is 1.06. The van der Waals surface area contributed by atoms with Gasteiger partial charge in [-0.2, -0.15) is 0 Å². The average Bonchev–Trinajstić information content (AvgIpc) is 3.10. The molecule has 1 aromatic rings. The number of halogens is 1. The van der Waals surface area contributed by atoms with Crippen molar-refractivity contribution in [3.05, 3.63) is 34.9 Å². The first-order valence-electron chi connectivity index (χ1n) is 10.1. The van der Waals surface area contributed by atoms with Gasteiger partial charge in [0.25, 0.3) is 0 Å². The number of nitrogens with zero attached hydrogens (tertiary/aromatic N) is 3. The number of aliphatic imine (C=N–C) groups is 1. The molecule has 6 nitrogen and oxygen atoms in total. The van der Waals surface area contributed by atoms with Gasteiger partial charge in [-0.1, -0.05) is 37.6 Å². The maximum atomic E-state index is 12.2. The van der Waals surface area contributed by atoms with Gasteiger partial charge in [0.1, 0.15) is 0 Å². The highest BCUT2D eigenvalue weighted by atomic mass is 35.5. The fourth-order valence-electron chi connectivity index (χ4n) is 3.39. The molecular formula is C21H34ClN5O. The third kappa shape index (κ3) is 6.38. The fourth-order valence-corrected chi connectivity index (χ4v) is 3.51. The molecule has 1 fully saturated rings. The summed E-state index contributed by atoms with van der Waals surface area (Å²) in [4.78, 5) is 21.1. The largest absolute Gasteiger partial charge is 0.357 e. The second kappa shape index (κ2) is 10.7. The van der Waals surface area contributed by atoms with E-state index in [4.69, 9.17) is 16.6 Å². The predicted octanol–water partition coefficient (Wildman–Crippen LogP) is 2.75. The first-order valence-corrected chi connectivity index (χ1v) is 10.4.